The van der Waals surface area contributed by atoms with Crippen LogP contribution in [0.1, 0.15) is 177 Å². The van der Waals surface area contributed by atoms with Crippen molar-refractivity contribution >= 4 is 82.5 Å². The van der Waals surface area contributed by atoms with Gasteiger partial charge in [0.1, 0.15) is 59.9 Å². The first kappa shape index (κ1) is 78.7. The molecule has 3 unspecified atom stereocenters. The number of fused-ring (bicyclic) bond motifs is 2. The molecule has 6 rings (SSSR count). The van der Waals surface area contributed by atoms with E-state index in [-0.39, 0.29) is 76.3 Å². The van der Waals surface area contributed by atoms with Gasteiger partial charge in [-0.05, 0) is 128 Å². The summed E-state index contributed by atoms with van der Waals surface area (Å²) in [4.78, 5) is 190. The largest absolute Gasteiger partial charge is 0.393 e. The second-order valence-electron chi connectivity index (χ2n) is 29.3. The van der Waals surface area contributed by atoms with E-state index in [9.17, 15) is 51.5 Å². The molecule has 0 aromatic heterocycles. The normalized spacial score (nSPS) is 31.1. The highest BCUT2D eigenvalue weighted by Gasteiger charge is 2.51. The highest BCUT2D eigenvalue weighted by atomic mass is 35.5. The molecule has 28 heteroatoms. The molecular weight excluding hydrogens is 1270 g/mol. The molecule has 0 radical (unpaired) electrons. The minimum absolute atomic E-state index is 0.00464. The van der Waals surface area contributed by atoms with Crippen LogP contribution in [0.25, 0.3) is 0 Å². The van der Waals surface area contributed by atoms with E-state index in [1.165, 1.54) is 111 Å². The van der Waals surface area contributed by atoms with Crippen molar-refractivity contribution < 1.29 is 70.7 Å². The molecule has 4 saturated heterocycles. The lowest BCUT2D eigenvalue weighted by Crippen LogP contribution is -2.65. The van der Waals surface area contributed by atoms with Gasteiger partial charge in [0.2, 0.25) is 70.9 Å². The Balaban J connectivity index is 1.39. The number of halogens is 4. The smallest absolute Gasteiger partial charge is 0.343 e. The summed E-state index contributed by atoms with van der Waals surface area (Å²) < 4.78 is 41.9. The van der Waals surface area contributed by atoms with Crippen molar-refractivity contribution in [2.75, 3.05) is 82.1 Å². The molecule has 2 aliphatic carbocycles. The molecular formula is C68H110ClF3N12O12. The van der Waals surface area contributed by atoms with Gasteiger partial charge >= 0.3 is 6.18 Å². The number of rotatable bonds is 9. The molecule has 4 heterocycles. The van der Waals surface area contributed by atoms with Gasteiger partial charge in [-0.2, -0.15) is 13.2 Å². The lowest BCUT2D eigenvalue weighted by Gasteiger charge is -2.45. The number of amides is 12. The molecule has 0 spiro atoms. The predicted octanol–water partition coefficient (Wildman–Crippen LogP) is 4.87. The minimum atomic E-state index is -4.51. The summed E-state index contributed by atoms with van der Waals surface area (Å²) in [6.45, 7) is 13.3. The number of carbonyl (C=O) groups is 12. The molecule has 13 atom stereocenters. The average Bonchev–Trinajstić information content (AvgIpc) is 1.06. The van der Waals surface area contributed by atoms with Crippen molar-refractivity contribution in [3.8, 4) is 0 Å². The van der Waals surface area contributed by atoms with E-state index >= 15 is 19.2 Å². The van der Waals surface area contributed by atoms with Crippen LogP contribution in [0.5, 0.6) is 0 Å². The van der Waals surface area contributed by atoms with Crippen LogP contribution in [0.2, 0.25) is 0 Å². The van der Waals surface area contributed by atoms with Crippen LogP contribution in [0.4, 0.5) is 13.2 Å². The third-order valence-electron chi connectivity index (χ3n) is 22.2. The van der Waals surface area contributed by atoms with Crippen molar-refractivity contribution in [2.24, 2.45) is 29.6 Å². The molecule has 0 aromatic rings. The van der Waals surface area contributed by atoms with Gasteiger partial charge in [-0.25, -0.2) is 0 Å². The molecule has 4 aliphatic heterocycles. The Hall–Kier alpha value is -6.28. The quantitative estimate of drug-likeness (QED) is 0.293. The van der Waals surface area contributed by atoms with Crippen LogP contribution in [0.3, 0.4) is 0 Å². The Bertz CT molecular complexity index is 2840. The zero-order valence-corrected chi connectivity index (χ0v) is 60.3. The van der Waals surface area contributed by atoms with E-state index < -0.39 is 173 Å². The van der Waals surface area contributed by atoms with Gasteiger partial charge < -0.3 is 59.6 Å². The van der Waals surface area contributed by atoms with Crippen LogP contribution in [0.15, 0.2) is 0 Å². The van der Waals surface area contributed by atoms with E-state index in [0.717, 1.165) is 48.3 Å². The maximum Gasteiger partial charge on any atom is 0.393 e. The number of likely N-dealkylation sites (N-methyl/N-ethyl adjacent to an activating group) is 7. The second-order valence-corrected chi connectivity index (χ2v) is 29.8. The van der Waals surface area contributed by atoms with E-state index in [2.05, 4.69) is 10.6 Å². The molecule has 542 valence electrons. The monoisotopic (exact) mass is 1380 g/mol. The fourth-order valence-corrected chi connectivity index (χ4v) is 15.4. The lowest BCUT2D eigenvalue weighted by atomic mass is 9.78. The molecule has 12 amide bonds. The lowest BCUT2D eigenvalue weighted by molar-refractivity contribution is -0.182. The first-order valence-electron chi connectivity index (χ1n) is 34.9. The Morgan fingerprint density at radius 1 is 0.604 bits per heavy atom. The molecule has 2 N–H and O–H groups in total. The third kappa shape index (κ3) is 18.1. The van der Waals surface area contributed by atoms with Crippen LogP contribution >= 0.6 is 11.6 Å². The average molecular weight is 1380 g/mol. The molecule has 6 fully saturated rings. The summed E-state index contributed by atoms with van der Waals surface area (Å²) in [5.74, 6) is -10.8. The van der Waals surface area contributed by atoms with Gasteiger partial charge in [0, 0.05) is 80.9 Å². The first-order chi connectivity index (χ1) is 44.9. The Labute approximate surface area is 571 Å². The number of carbonyl (C=O) groups excluding carboxylic acids is 12. The van der Waals surface area contributed by atoms with E-state index in [0.29, 0.717) is 38.8 Å². The number of hydrogen-bond acceptors (Lipinski definition) is 12. The maximum absolute atomic E-state index is 15.2. The van der Waals surface area contributed by atoms with Crippen molar-refractivity contribution in [3.63, 3.8) is 0 Å². The Morgan fingerprint density at radius 2 is 1.21 bits per heavy atom. The van der Waals surface area contributed by atoms with Crippen molar-refractivity contribution in [1.29, 1.82) is 0 Å². The summed E-state index contributed by atoms with van der Waals surface area (Å²) in [7, 11) is 9.88. The van der Waals surface area contributed by atoms with Crippen LogP contribution in [-0.2, 0) is 57.5 Å². The van der Waals surface area contributed by atoms with Crippen LogP contribution in [0, 0.1) is 29.6 Å². The number of nitrogens with one attached hydrogen (secondary N) is 2. The molecule has 6 aliphatic rings. The highest BCUT2D eigenvalue weighted by molar-refractivity contribution is 6.21. The number of alkyl halides is 4. The fraction of sp³-hybridized carbons (Fsp3) is 0.824. The summed E-state index contributed by atoms with van der Waals surface area (Å²) >= 11 is 6.38. The van der Waals surface area contributed by atoms with Gasteiger partial charge in [0.05, 0.1) is 18.9 Å². The zero-order chi connectivity index (χ0) is 71.7. The predicted molar refractivity (Wildman–Crippen MR) is 354 cm³/mol. The number of likely N-dealkylation sites (tertiary alicyclic amines) is 1. The van der Waals surface area contributed by atoms with Crippen LogP contribution < -0.4 is 10.6 Å². The minimum Gasteiger partial charge on any atom is -0.343 e. The standard InChI is InChI=1S/C68H110ClF3N12O12/c1-16-41(4)55-64(94)77(11)43(6)58(88)84-35-31-50(84)61(91)78(12)51(37-44-24-19-17-20-25-44)60(90)75(9)39-53(85)73-48(30-28-45-27-29-46(47(69)36-45)68(70,71)72)59(89)83-34-23-26-49(83)62(92)81(15)67(7,8)66(96)80(14)56(40(2)3)65(95)79(13)52(63(93)82-32-21-18-22-33-82)38-54(86)76(10)42(5)57(87)74-55/h40-52,55-56H,16-39H2,1-15H3,(H,73,85)(H,74,87)/t41-,42-,43-,45?,46?,47?,48-,49-,50-,51-,52-,55-,56-/m0/s1. The summed E-state index contributed by atoms with van der Waals surface area (Å²) in [5.41, 5.74) is -1.71. The summed E-state index contributed by atoms with van der Waals surface area (Å²) in [6.07, 6.45) is 2.95. The van der Waals surface area contributed by atoms with E-state index in [4.69, 9.17) is 11.6 Å². The van der Waals surface area contributed by atoms with E-state index in [1.807, 2.05) is 6.92 Å². The molecule has 96 heavy (non-hydrogen) atoms. The van der Waals surface area contributed by atoms with E-state index in [1.54, 1.807) is 25.7 Å². The summed E-state index contributed by atoms with van der Waals surface area (Å²) in [6, 6.07) is -10.9. The second kappa shape index (κ2) is 33.5. The van der Waals surface area contributed by atoms with Crippen molar-refractivity contribution in [3.05, 3.63) is 0 Å². The van der Waals surface area contributed by atoms with Gasteiger partial charge in [0.15, 0.2) is 0 Å². The van der Waals surface area contributed by atoms with Crippen molar-refractivity contribution in [1.82, 2.24) is 59.6 Å². The molecule has 0 aromatic carbocycles. The zero-order valence-electron chi connectivity index (χ0n) is 59.5. The van der Waals surface area contributed by atoms with Crippen LogP contribution in [-0.4, -0.2) is 273 Å². The maximum atomic E-state index is 15.2. The molecule has 2 saturated carbocycles. The summed E-state index contributed by atoms with van der Waals surface area (Å²) in [5, 5.41) is 4.42. The Kier molecular flexibility index (Phi) is 27.5. The first-order valence-corrected chi connectivity index (χ1v) is 35.4. The van der Waals surface area contributed by atoms with Gasteiger partial charge in [-0.15, -0.1) is 11.6 Å². The fourth-order valence-electron chi connectivity index (χ4n) is 14.9. The van der Waals surface area contributed by atoms with Gasteiger partial charge in [-0.1, -0.05) is 66.2 Å². The molecule has 24 nitrogen and oxygen atoms in total. The SMILES string of the molecule is CC[C@H](C)[C@@H]1NC(=O)[C@H](C)N(C)C(=O)C[C@@H](C(=O)N2CCCCC2)N(C)C(=O)[C@H](C(C)C)N(C)C(=O)C(C)(C)N(C)C(=O)[C@@H]2CCCN2C(=O)[C@H](CCC2CCC(C(F)(F)F)C(Cl)C2)NC(=O)CN(C)C(=O)[C@H](CC2CCCCC2)N(C)C(=O)[C@@H]2CCN2C(=O)[C@H](C)N(C)C1=O. The number of nitrogens with zero attached hydrogens (tertiary/aromatic N) is 10. The van der Waals surface area contributed by atoms with Gasteiger partial charge in [0.25, 0.3) is 0 Å². The topological polar surface area (TPSA) is 261 Å². The van der Waals surface area contributed by atoms with Gasteiger partial charge in [-0.3, -0.25) is 57.5 Å². The number of hydrogen-bond donors (Lipinski definition) is 2. The third-order valence-corrected chi connectivity index (χ3v) is 22.7. The Morgan fingerprint density at radius 3 is 1.78 bits per heavy atom. The van der Waals surface area contributed by atoms with Crippen molar-refractivity contribution in [2.45, 2.75) is 249 Å². The number of piperidine rings is 1. The highest BCUT2D eigenvalue weighted by Crippen LogP contribution is 2.44. The molecule has 0 bridgehead atoms.